The molecule has 0 radical (unpaired) electrons. The first-order chi connectivity index (χ1) is 12.3. The second-order valence-electron chi connectivity index (χ2n) is 7.75. The zero-order chi connectivity index (χ0) is 16.8. The smallest absolute Gasteiger partial charge is 0.0250 e. The van der Waals surface area contributed by atoms with Gasteiger partial charge in [-0.05, 0) is 59.5 Å². The highest BCUT2D eigenvalue weighted by atomic mass is 15.3. The summed E-state index contributed by atoms with van der Waals surface area (Å²) in [6.07, 6.45) is 2.74. The van der Waals surface area contributed by atoms with Crippen LogP contribution in [0.25, 0.3) is 21.5 Å². The maximum absolute atomic E-state index is 2.72. The third-order valence-corrected chi connectivity index (χ3v) is 6.47. The zero-order valence-electron chi connectivity index (χ0n) is 15.0. The summed E-state index contributed by atoms with van der Waals surface area (Å²) in [4.78, 5) is 5.43. The van der Waals surface area contributed by atoms with Gasteiger partial charge in [0.05, 0.1) is 0 Å². The van der Waals surface area contributed by atoms with Gasteiger partial charge in [-0.25, -0.2) is 0 Å². The fourth-order valence-corrected chi connectivity index (χ4v) is 5.08. The minimum atomic E-state index is 0.647. The van der Waals surface area contributed by atoms with E-state index in [2.05, 4.69) is 71.3 Å². The highest BCUT2D eigenvalue weighted by Crippen LogP contribution is 2.32. The van der Waals surface area contributed by atoms with E-state index in [1.807, 2.05) is 0 Å². The van der Waals surface area contributed by atoms with Gasteiger partial charge in [-0.2, -0.15) is 0 Å². The van der Waals surface area contributed by atoms with Crippen molar-refractivity contribution in [1.82, 2.24) is 9.80 Å². The molecule has 2 heteroatoms. The molecule has 2 atom stereocenters. The normalized spacial score (nSPS) is 24.8. The van der Waals surface area contributed by atoms with Gasteiger partial charge in [0.25, 0.3) is 0 Å². The van der Waals surface area contributed by atoms with Gasteiger partial charge in [-0.3, -0.25) is 9.80 Å². The van der Waals surface area contributed by atoms with Crippen LogP contribution in [0.2, 0.25) is 0 Å². The molecule has 2 saturated heterocycles. The number of rotatable bonds is 2. The molecule has 0 saturated carbocycles. The van der Waals surface area contributed by atoms with Crippen LogP contribution in [0.3, 0.4) is 0 Å². The molecule has 25 heavy (non-hydrogen) atoms. The second kappa shape index (κ2) is 6.12. The predicted molar refractivity (Wildman–Crippen MR) is 106 cm³/mol. The van der Waals surface area contributed by atoms with Crippen LogP contribution in [0.4, 0.5) is 0 Å². The van der Waals surface area contributed by atoms with E-state index in [1.165, 1.54) is 59.6 Å². The molecule has 3 aromatic carbocycles. The lowest BCUT2D eigenvalue weighted by atomic mass is 9.95. The maximum Gasteiger partial charge on any atom is 0.0250 e. The van der Waals surface area contributed by atoms with Crippen molar-refractivity contribution < 1.29 is 0 Å². The molecule has 128 valence electrons. The van der Waals surface area contributed by atoms with Gasteiger partial charge in [0.2, 0.25) is 0 Å². The van der Waals surface area contributed by atoms with Gasteiger partial charge in [0.15, 0.2) is 0 Å². The van der Waals surface area contributed by atoms with Crippen LogP contribution < -0.4 is 0 Å². The van der Waals surface area contributed by atoms with E-state index >= 15 is 0 Å². The van der Waals surface area contributed by atoms with E-state index in [0.29, 0.717) is 6.04 Å². The van der Waals surface area contributed by atoms with Crippen LogP contribution in [-0.4, -0.2) is 41.5 Å². The van der Waals surface area contributed by atoms with Crippen LogP contribution in [-0.2, 0) is 6.54 Å². The van der Waals surface area contributed by atoms with Crippen LogP contribution >= 0.6 is 0 Å². The molecular weight excluding hydrogens is 304 g/mol. The Hall–Kier alpha value is -1.90. The average Bonchev–Trinajstić information content (AvgIpc) is 3.13. The highest BCUT2D eigenvalue weighted by Gasteiger charge is 2.36. The fraction of sp³-hybridized carbons (Fsp3) is 0.391. The Bertz CT molecular complexity index is 862. The van der Waals surface area contributed by atoms with Crippen LogP contribution in [0.15, 0.2) is 54.6 Å². The van der Waals surface area contributed by atoms with Crippen molar-refractivity contribution in [3.63, 3.8) is 0 Å². The predicted octanol–water partition coefficient (Wildman–Crippen LogP) is 4.66. The molecule has 0 amide bonds. The first-order valence-electron chi connectivity index (χ1n) is 9.69. The van der Waals surface area contributed by atoms with E-state index in [1.54, 1.807) is 0 Å². The lowest BCUT2D eigenvalue weighted by Crippen LogP contribution is -2.55. The molecule has 0 spiro atoms. The molecule has 0 unspecified atom stereocenters. The second-order valence-corrected chi connectivity index (χ2v) is 7.75. The first kappa shape index (κ1) is 15.4. The van der Waals surface area contributed by atoms with Crippen molar-refractivity contribution in [2.75, 3.05) is 19.6 Å². The van der Waals surface area contributed by atoms with E-state index in [0.717, 1.165) is 12.6 Å². The Labute approximate surface area is 150 Å². The van der Waals surface area contributed by atoms with Gasteiger partial charge in [0, 0.05) is 31.7 Å². The largest absolute Gasteiger partial charge is 0.298 e. The Morgan fingerprint density at radius 2 is 1.56 bits per heavy atom. The molecular formula is C23H26N2. The Kier molecular flexibility index (Phi) is 3.76. The van der Waals surface area contributed by atoms with E-state index in [9.17, 15) is 0 Å². The molecule has 2 nitrogen and oxygen atoms in total. The van der Waals surface area contributed by atoms with Crippen LogP contribution in [0.1, 0.15) is 25.3 Å². The van der Waals surface area contributed by atoms with E-state index in [-0.39, 0.29) is 0 Å². The minimum absolute atomic E-state index is 0.647. The summed E-state index contributed by atoms with van der Waals surface area (Å²) in [6, 6.07) is 21.5. The fourth-order valence-electron chi connectivity index (χ4n) is 5.08. The van der Waals surface area contributed by atoms with Crippen molar-refractivity contribution in [1.29, 1.82) is 0 Å². The first-order valence-corrected chi connectivity index (χ1v) is 9.69. The highest BCUT2D eigenvalue weighted by molar-refractivity contribution is 6.02. The van der Waals surface area contributed by atoms with Gasteiger partial charge in [0.1, 0.15) is 0 Å². The van der Waals surface area contributed by atoms with E-state index < -0.39 is 0 Å². The van der Waals surface area contributed by atoms with Crippen molar-refractivity contribution in [2.24, 2.45) is 0 Å². The van der Waals surface area contributed by atoms with Crippen LogP contribution in [0.5, 0.6) is 0 Å². The SMILES string of the molecule is C[C@H]1[C@@H]2CCCN2CCN1Cc1c2ccccc2cc2ccccc12. The summed E-state index contributed by atoms with van der Waals surface area (Å²) >= 11 is 0. The van der Waals surface area contributed by atoms with Gasteiger partial charge in [-0.15, -0.1) is 0 Å². The van der Waals surface area contributed by atoms with Crippen molar-refractivity contribution in [3.8, 4) is 0 Å². The third-order valence-electron chi connectivity index (χ3n) is 6.47. The minimum Gasteiger partial charge on any atom is -0.298 e. The molecule has 2 heterocycles. The lowest BCUT2D eigenvalue weighted by molar-refractivity contribution is 0.0476. The van der Waals surface area contributed by atoms with Crippen molar-refractivity contribution in [2.45, 2.75) is 38.4 Å². The van der Waals surface area contributed by atoms with Crippen molar-refractivity contribution >= 4 is 21.5 Å². The maximum atomic E-state index is 2.72. The van der Waals surface area contributed by atoms with Gasteiger partial charge >= 0.3 is 0 Å². The molecule has 2 aliphatic rings. The lowest BCUT2D eigenvalue weighted by Gasteiger charge is -2.43. The Morgan fingerprint density at radius 3 is 2.28 bits per heavy atom. The summed E-state index contributed by atoms with van der Waals surface area (Å²) in [5.74, 6) is 0. The quantitative estimate of drug-likeness (QED) is 0.631. The number of nitrogens with zero attached hydrogens (tertiary/aromatic N) is 2. The summed E-state index contributed by atoms with van der Waals surface area (Å²) in [5.41, 5.74) is 1.51. The molecule has 5 rings (SSSR count). The summed E-state index contributed by atoms with van der Waals surface area (Å²) < 4.78 is 0. The number of benzene rings is 3. The van der Waals surface area contributed by atoms with E-state index in [4.69, 9.17) is 0 Å². The molecule has 3 aromatic rings. The molecule has 0 N–H and O–H groups in total. The molecule has 0 aromatic heterocycles. The van der Waals surface area contributed by atoms with Crippen LogP contribution in [0, 0.1) is 0 Å². The van der Waals surface area contributed by atoms with Gasteiger partial charge in [-0.1, -0.05) is 48.5 Å². The number of fused-ring (bicyclic) bond motifs is 3. The summed E-state index contributed by atoms with van der Waals surface area (Å²) in [6.45, 7) is 7.23. The Morgan fingerprint density at radius 1 is 0.880 bits per heavy atom. The zero-order valence-corrected chi connectivity index (χ0v) is 15.0. The molecule has 2 fully saturated rings. The molecule has 0 aliphatic carbocycles. The Balaban J connectivity index is 1.59. The molecule has 0 bridgehead atoms. The number of hydrogen-bond donors (Lipinski definition) is 0. The monoisotopic (exact) mass is 330 g/mol. The summed E-state index contributed by atoms with van der Waals surface area (Å²) in [7, 11) is 0. The standard InChI is InChI=1S/C23H26N2/c1-17-23-11-6-12-24(23)13-14-25(17)16-22-20-9-4-2-7-18(20)15-19-8-3-5-10-21(19)22/h2-5,7-10,15,17,23H,6,11-14,16H2,1H3/t17-,23-/m0/s1. The number of piperazine rings is 1. The average molecular weight is 330 g/mol. The molecule has 2 aliphatic heterocycles. The van der Waals surface area contributed by atoms with Crippen molar-refractivity contribution in [3.05, 3.63) is 60.2 Å². The number of hydrogen-bond acceptors (Lipinski definition) is 2. The van der Waals surface area contributed by atoms with Gasteiger partial charge < -0.3 is 0 Å². The topological polar surface area (TPSA) is 6.48 Å². The third kappa shape index (κ3) is 2.56. The summed E-state index contributed by atoms with van der Waals surface area (Å²) in [5, 5.41) is 5.57.